The Hall–Kier alpha value is -0.780. The zero-order valence-electron chi connectivity index (χ0n) is 12.1. The molecule has 2 N–H and O–H groups in total. The molecule has 0 radical (unpaired) electrons. The molecule has 20 heavy (non-hydrogen) atoms. The second-order valence-electron chi connectivity index (χ2n) is 5.53. The van der Waals surface area contributed by atoms with Crippen molar-refractivity contribution >= 4 is 21.4 Å². The zero-order chi connectivity index (χ0) is 15.4. The van der Waals surface area contributed by atoms with E-state index >= 15 is 0 Å². The summed E-state index contributed by atoms with van der Waals surface area (Å²) >= 11 is 6.10. The molecule has 0 aromatic heterocycles. The smallest absolute Gasteiger partial charge is 0.158 e. The maximum atomic E-state index is 12.0. The molecule has 114 valence electrons. The summed E-state index contributed by atoms with van der Waals surface area (Å²) in [6.45, 7) is 5.61. The van der Waals surface area contributed by atoms with Crippen LogP contribution in [0.2, 0.25) is 5.02 Å². The van der Waals surface area contributed by atoms with E-state index in [2.05, 4.69) is 0 Å². The third kappa shape index (κ3) is 4.36. The monoisotopic (exact) mass is 319 g/mol. The van der Waals surface area contributed by atoms with Crippen molar-refractivity contribution < 1.29 is 13.2 Å². The number of hydrogen-bond acceptors (Lipinski definition) is 4. The first kappa shape index (κ1) is 17.3. The summed E-state index contributed by atoms with van der Waals surface area (Å²) < 4.78 is 28.8. The number of sulfone groups is 1. The number of hydrogen-bond donors (Lipinski definition) is 1. The third-order valence-electron chi connectivity index (χ3n) is 3.01. The third-order valence-corrected chi connectivity index (χ3v) is 5.94. The molecule has 0 aliphatic rings. The molecular formula is C14H22ClNO3S. The van der Waals surface area contributed by atoms with Crippen LogP contribution in [0, 0.1) is 0 Å². The van der Waals surface area contributed by atoms with Gasteiger partial charge in [-0.15, -0.1) is 0 Å². The van der Waals surface area contributed by atoms with Gasteiger partial charge in [-0.25, -0.2) is 8.42 Å². The predicted molar refractivity (Wildman–Crippen MR) is 83.2 cm³/mol. The van der Waals surface area contributed by atoms with Crippen LogP contribution in [0.1, 0.15) is 26.3 Å². The lowest BCUT2D eigenvalue weighted by Gasteiger charge is -2.19. The van der Waals surface area contributed by atoms with Crippen LogP contribution in [0.5, 0.6) is 5.75 Å². The summed E-state index contributed by atoms with van der Waals surface area (Å²) in [6.07, 6.45) is 0.598. The Kier molecular flexibility index (Phi) is 5.86. The number of ether oxygens (including phenoxy) is 1. The van der Waals surface area contributed by atoms with Crippen molar-refractivity contribution in [1.82, 2.24) is 0 Å². The van der Waals surface area contributed by atoms with Gasteiger partial charge in [0.1, 0.15) is 12.4 Å². The topological polar surface area (TPSA) is 69.4 Å². The maximum absolute atomic E-state index is 12.0. The molecule has 1 aromatic carbocycles. The summed E-state index contributed by atoms with van der Waals surface area (Å²) in [4.78, 5) is 0. The first-order valence-corrected chi connectivity index (χ1v) is 8.54. The first-order valence-electron chi connectivity index (χ1n) is 6.51. The van der Waals surface area contributed by atoms with Crippen molar-refractivity contribution in [2.75, 3.05) is 18.9 Å². The molecule has 0 saturated heterocycles. The molecule has 0 unspecified atom stereocenters. The van der Waals surface area contributed by atoms with E-state index in [1.165, 1.54) is 0 Å². The van der Waals surface area contributed by atoms with Crippen molar-refractivity contribution in [3.63, 3.8) is 0 Å². The molecule has 0 aliphatic carbocycles. The zero-order valence-corrected chi connectivity index (χ0v) is 13.7. The molecule has 6 heteroatoms. The normalized spacial score (nSPS) is 12.4. The Bertz CT molecular complexity index is 550. The van der Waals surface area contributed by atoms with Gasteiger partial charge in [0.05, 0.1) is 10.5 Å². The van der Waals surface area contributed by atoms with Crippen LogP contribution < -0.4 is 10.5 Å². The van der Waals surface area contributed by atoms with Crippen molar-refractivity contribution in [3.05, 3.63) is 28.8 Å². The van der Waals surface area contributed by atoms with Crippen LogP contribution >= 0.6 is 11.6 Å². The second-order valence-corrected chi connectivity index (χ2v) is 8.80. The Morgan fingerprint density at radius 2 is 1.95 bits per heavy atom. The average molecular weight is 320 g/mol. The Morgan fingerprint density at radius 3 is 2.50 bits per heavy atom. The van der Waals surface area contributed by atoms with E-state index in [0.717, 1.165) is 5.56 Å². The standard InChI is InChI=1S/C14H22ClNO3S/c1-14(2,3)20(17,18)10-9-19-13-6-4-5-12(15)11(13)7-8-16/h4-6H,7-10,16H2,1-3H3. The van der Waals surface area contributed by atoms with Crippen LogP contribution in [0.15, 0.2) is 18.2 Å². The van der Waals surface area contributed by atoms with Gasteiger partial charge in [0.15, 0.2) is 9.84 Å². The van der Waals surface area contributed by atoms with Crippen LogP contribution in [0.4, 0.5) is 0 Å². The summed E-state index contributed by atoms with van der Waals surface area (Å²) in [5, 5.41) is 0.589. The number of halogens is 1. The molecule has 0 fully saturated rings. The second kappa shape index (κ2) is 6.78. The molecule has 0 heterocycles. The molecule has 1 aromatic rings. The molecule has 0 saturated carbocycles. The van der Waals surface area contributed by atoms with Crippen molar-refractivity contribution in [3.8, 4) is 5.75 Å². The largest absolute Gasteiger partial charge is 0.492 e. The highest BCUT2D eigenvalue weighted by molar-refractivity contribution is 7.92. The summed E-state index contributed by atoms with van der Waals surface area (Å²) in [5.74, 6) is 0.581. The van der Waals surface area contributed by atoms with Crippen LogP contribution in [0.25, 0.3) is 0 Å². The van der Waals surface area contributed by atoms with E-state index in [-0.39, 0.29) is 12.4 Å². The van der Waals surface area contributed by atoms with Crippen molar-refractivity contribution in [1.29, 1.82) is 0 Å². The van der Waals surface area contributed by atoms with Crippen LogP contribution in [-0.4, -0.2) is 32.1 Å². The fourth-order valence-electron chi connectivity index (χ4n) is 1.63. The highest BCUT2D eigenvalue weighted by atomic mass is 35.5. The van der Waals surface area contributed by atoms with Crippen molar-refractivity contribution in [2.45, 2.75) is 31.9 Å². The fourth-order valence-corrected chi connectivity index (χ4v) is 2.80. The predicted octanol–water partition coefficient (Wildman–Crippen LogP) is 2.43. The van der Waals surface area contributed by atoms with Crippen LogP contribution in [-0.2, 0) is 16.3 Å². The lowest BCUT2D eigenvalue weighted by atomic mass is 10.1. The molecule has 0 bridgehead atoms. The van der Waals surface area contributed by atoms with Gasteiger partial charge in [-0.1, -0.05) is 17.7 Å². The molecule has 0 atom stereocenters. The highest BCUT2D eigenvalue weighted by Gasteiger charge is 2.28. The maximum Gasteiger partial charge on any atom is 0.158 e. The van der Waals surface area contributed by atoms with Crippen LogP contribution in [0.3, 0.4) is 0 Å². The molecule has 0 aliphatic heterocycles. The van der Waals surface area contributed by atoms with Gasteiger partial charge in [0.25, 0.3) is 0 Å². The average Bonchev–Trinajstić information content (AvgIpc) is 2.31. The van der Waals surface area contributed by atoms with E-state index in [4.69, 9.17) is 22.1 Å². The Balaban J connectivity index is 2.75. The Morgan fingerprint density at radius 1 is 1.30 bits per heavy atom. The molecule has 4 nitrogen and oxygen atoms in total. The van der Waals surface area contributed by atoms with E-state index in [9.17, 15) is 8.42 Å². The van der Waals surface area contributed by atoms with E-state index < -0.39 is 14.6 Å². The Labute approximate surface area is 126 Å². The lowest BCUT2D eigenvalue weighted by Crippen LogP contribution is -2.32. The first-order chi connectivity index (χ1) is 9.19. The van der Waals surface area contributed by atoms with E-state index in [1.807, 2.05) is 0 Å². The molecule has 1 rings (SSSR count). The van der Waals surface area contributed by atoms with Gasteiger partial charge < -0.3 is 10.5 Å². The highest BCUT2D eigenvalue weighted by Crippen LogP contribution is 2.27. The summed E-state index contributed by atoms with van der Waals surface area (Å²) in [5.41, 5.74) is 6.37. The van der Waals surface area contributed by atoms with Gasteiger partial charge >= 0.3 is 0 Å². The molecule has 0 amide bonds. The minimum atomic E-state index is -3.19. The van der Waals surface area contributed by atoms with Gasteiger partial charge in [-0.2, -0.15) is 0 Å². The number of rotatable bonds is 6. The minimum absolute atomic E-state index is 0.0227. The lowest BCUT2D eigenvalue weighted by molar-refractivity contribution is 0.336. The van der Waals surface area contributed by atoms with Gasteiger partial charge in [-0.3, -0.25) is 0 Å². The minimum Gasteiger partial charge on any atom is -0.492 e. The molecular weight excluding hydrogens is 298 g/mol. The summed E-state index contributed by atoms with van der Waals surface area (Å²) in [6, 6.07) is 5.32. The van der Waals surface area contributed by atoms with E-state index in [1.54, 1.807) is 39.0 Å². The van der Waals surface area contributed by atoms with E-state index in [0.29, 0.717) is 23.7 Å². The number of benzene rings is 1. The quantitative estimate of drug-likeness (QED) is 0.874. The van der Waals surface area contributed by atoms with Gasteiger partial charge in [0.2, 0.25) is 0 Å². The fraction of sp³-hybridized carbons (Fsp3) is 0.571. The summed E-state index contributed by atoms with van der Waals surface area (Å²) in [7, 11) is -3.19. The van der Waals surface area contributed by atoms with Gasteiger partial charge in [0, 0.05) is 10.6 Å². The van der Waals surface area contributed by atoms with Gasteiger partial charge in [-0.05, 0) is 45.9 Å². The number of nitrogens with two attached hydrogens (primary N) is 1. The molecule has 0 spiro atoms. The SMILES string of the molecule is CC(C)(C)S(=O)(=O)CCOc1cccc(Cl)c1CCN. The van der Waals surface area contributed by atoms with Crippen molar-refractivity contribution in [2.24, 2.45) is 5.73 Å².